The zero-order chi connectivity index (χ0) is 19.0. The van der Waals surface area contributed by atoms with Crippen LogP contribution >= 0.6 is 11.6 Å². The molecule has 1 amide bonds. The lowest BCUT2D eigenvalue weighted by atomic mass is 10.0. The summed E-state index contributed by atoms with van der Waals surface area (Å²) in [5, 5.41) is 8.11. The number of aromatic nitrogens is 2. The number of carbonyl (C=O) groups is 1. The third-order valence-corrected chi connectivity index (χ3v) is 4.86. The number of amides is 1. The number of pyridine rings is 1. The molecule has 0 unspecified atom stereocenters. The molecule has 0 aliphatic rings. The van der Waals surface area contributed by atoms with Gasteiger partial charge in [-0.25, -0.2) is 4.98 Å². The summed E-state index contributed by atoms with van der Waals surface area (Å²) < 4.78 is 5.33. The van der Waals surface area contributed by atoms with Gasteiger partial charge in [-0.2, -0.15) is 0 Å². The number of aryl methyl sites for hydroxylation is 1. The van der Waals surface area contributed by atoms with E-state index in [1.807, 2.05) is 43.3 Å². The largest absolute Gasteiger partial charge is 0.335 e. The molecular formula is C21H16ClN3O2. The smallest absolute Gasteiger partial charge is 0.259 e. The van der Waals surface area contributed by atoms with Crippen LogP contribution < -0.4 is 5.32 Å². The third-order valence-electron chi connectivity index (χ3n) is 4.45. The molecule has 4 rings (SSSR count). The topological polar surface area (TPSA) is 68.0 Å². The van der Waals surface area contributed by atoms with Gasteiger partial charge in [0, 0.05) is 16.3 Å². The Hall–Kier alpha value is -3.18. The van der Waals surface area contributed by atoms with Crippen molar-refractivity contribution in [2.45, 2.75) is 13.8 Å². The van der Waals surface area contributed by atoms with Crippen molar-refractivity contribution in [1.29, 1.82) is 0 Å². The third kappa shape index (κ3) is 3.17. The van der Waals surface area contributed by atoms with Crippen LogP contribution in [0.4, 0.5) is 5.69 Å². The van der Waals surface area contributed by atoms with Crippen LogP contribution in [0.25, 0.3) is 22.4 Å². The SMILES string of the molecule is Cc1c(Cl)cccc1NC(=O)c1cc(-c2ccccc2)nc2onc(C)c12. The van der Waals surface area contributed by atoms with Gasteiger partial charge in [0.2, 0.25) is 0 Å². The Kier molecular flexibility index (Phi) is 4.38. The Labute approximate surface area is 161 Å². The number of halogens is 1. The Morgan fingerprint density at radius 1 is 1.07 bits per heavy atom. The van der Waals surface area contributed by atoms with Gasteiger partial charge >= 0.3 is 0 Å². The van der Waals surface area contributed by atoms with Crippen molar-refractivity contribution in [3.8, 4) is 11.3 Å². The molecule has 0 bridgehead atoms. The predicted molar refractivity (Wildman–Crippen MR) is 106 cm³/mol. The Morgan fingerprint density at radius 3 is 2.63 bits per heavy atom. The quantitative estimate of drug-likeness (QED) is 0.518. The molecule has 0 fully saturated rings. The molecule has 0 radical (unpaired) electrons. The van der Waals surface area contributed by atoms with Crippen LogP contribution in [0.15, 0.2) is 59.1 Å². The van der Waals surface area contributed by atoms with E-state index in [0.29, 0.717) is 38.8 Å². The standard InChI is InChI=1S/C21H16ClN3O2/c1-12-16(22)9-6-10-17(12)23-20(26)15-11-18(14-7-4-3-5-8-14)24-21-19(15)13(2)25-27-21/h3-11H,1-2H3,(H,23,26). The second kappa shape index (κ2) is 6.85. The van der Waals surface area contributed by atoms with Gasteiger partial charge in [-0.1, -0.05) is 53.2 Å². The minimum atomic E-state index is -0.267. The molecule has 27 heavy (non-hydrogen) atoms. The van der Waals surface area contributed by atoms with Gasteiger partial charge in [-0.15, -0.1) is 0 Å². The number of nitrogens with zero attached hydrogens (tertiary/aromatic N) is 2. The van der Waals surface area contributed by atoms with Gasteiger partial charge in [-0.3, -0.25) is 4.79 Å². The van der Waals surface area contributed by atoms with E-state index in [4.69, 9.17) is 16.1 Å². The maximum Gasteiger partial charge on any atom is 0.259 e. The first kappa shape index (κ1) is 17.2. The summed E-state index contributed by atoms with van der Waals surface area (Å²) in [6.45, 7) is 3.65. The van der Waals surface area contributed by atoms with Crippen molar-refractivity contribution in [3.05, 3.63) is 76.4 Å². The zero-order valence-electron chi connectivity index (χ0n) is 14.8. The average molecular weight is 378 g/mol. The van der Waals surface area contributed by atoms with E-state index in [9.17, 15) is 4.79 Å². The molecule has 6 heteroatoms. The van der Waals surface area contributed by atoms with Crippen LogP contribution in [0.2, 0.25) is 5.02 Å². The first-order valence-electron chi connectivity index (χ1n) is 8.43. The van der Waals surface area contributed by atoms with Gasteiger partial charge in [0.05, 0.1) is 22.3 Å². The number of hydrogen-bond donors (Lipinski definition) is 1. The fourth-order valence-corrected chi connectivity index (χ4v) is 3.14. The summed E-state index contributed by atoms with van der Waals surface area (Å²) in [4.78, 5) is 17.6. The van der Waals surface area contributed by atoms with Crippen molar-refractivity contribution in [1.82, 2.24) is 10.1 Å². The molecule has 0 aliphatic carbocycles. The summed E-state index contributed by atoms with van der Waals surface area (Å²) >= 11 is 6.17. The van der Waals surface area contributed by atoms with Crippen LogP contribution in [-0.2, 0) is 0 Å². The highest BCUT2D eigenvalue weighted by Crippen LogP contribution is 2.29. The van der Waals surface area contributed by atoms with Crippen LogP contribution in [0.5, 0.6) is 0 Å². The first-order valence-corrected chi connectivity index (χ1v) is 8.81. The number of fused-ring (bicyclic) bond motifs is 1. The van der Waals surface area contributed by atoms with E-state index in [0.717, 1.165) is 11.1 Å². The van der Waals surface area contributed by atoms with Gasteiger partial charge in [0.1, 0.15) is 0 Å². The van der Waals surface area contributed by atoms with Crippen LogP contribution in [0.3, 0.4) is 0 Å². The highest BCUT2D eigenvalue weighted by molar-refractivity contribution is 6.31. The van der Waals surface area contributed by atoms with Crippen LogP contribution in [0, 0.1) is 13.8 Å². The zero-order valence-corrected chi connectivity index (χ0v) is 15.5. The molecule has 0 spiro atoms. The van der Waals surface area contributed by atoms with E-state index in [1.54, 1.807) is 25.1 Å². The summed E-state index contributed by atoms with van der Waals surface area (Å²) in [5.41, 5.74) is 4.41. The van der Waals surface area contributed by atoms with Crippen LogP contribution in [-0.4, -0.2) is 16.0 Å². The highest BCUT2D eigenvalue weighted by Gasteiger charge is 2.20. The molecule has 0 saturated carbocycles. The van der Waals surface area contributed by atoms with E-state index >= 15 is 0 Å². The molecule has 1 N–H and O–H groups in total. The molecule has 0 atom stereocenters. The fourth-order valence-electron chi connectivity index (χ4n) is 2.96. The van der Waals surface area contributed by atoms with Crippen LogP contribution in [0.1, 0.15) is 21.6 Å². The number of carbonyl (C=O) groups excluding carboxylic acids is 1. The highest BCUT2D eigenvalue weighted by atomic mass is 35.5. The van der Waals surface area contributed by atoms with Gasteiger partial charge in [0.25, 0.3) is 11.6 Å². The van der Waals surface area contributed by atoms with Crippen molar-refractivity contribution >= 4 is 34.3 Å². The monoisotopic (exact) mass is 377 g/mol. The average Bonchev–Trinajstić information content (AvgIpc) is 3.06. The molecule has 0 aliphatic heterocycles. The second-order valence-electron chi connectivity index (χ2n) is 6.24. The number of rotatable bonds is 3. The molecule has 2 aromatic carbocycles. The lowest BCUT2D eigenvalue weighted by Crippen LogP contribution is -2.14. The number of nitrogens with one attached hydrogen (secondary N) is 1. The number of hydrogen-bond acceptors (Lipinski definition) is 4. The maximum atomic E-state index is 13.1. The lowest BCUT2D eigenvalue weighted by molar-refractivity contribution is 0.102. The van der Waals surface area contributed by atoms with Gasteiger partial charge in [-0.05, 0) is 37.6 Å². The molecule has 134 valence electrons. The van der Waals surface area contributed by atoms with Crippen molar-refractivity contribution in [2.75, 3.05) is 5.32 Å². The number of anilines is 1. The molecule has 2 aromatic heterocycles. The minimum absolute atomic E-state index is 0.267. The molecule has 2 heterocycles. The van der Waals surface area contributed by atoms with Gasteiger partial charge < -0.3 is 9.84 Å². The summed E-state index contributed by atoms with van der Waals surface area (Å²) in [5.74, 6) is -0.267. The fraction of sp³-hybridized carbons (Fsp3) is 0.0952. The molecule has 5 nitrogen and oxygen atoms in total. The van der Waals surface area contributed by atoms with Crippen molar-refractivity contribution < 1.29 is 9.32 Å². The molecular weight excluding hydrogens is 362 g/mol. The molecule has 0 saturated heterocycles. The number of benzene rings is 2. The minimum Gasteiger partial charge on any atom is -0.335 e. The summed E-state index contributed by atoms with van der Waals surface area (Å²) in [7, 11) is 0. The normalized spacial score (nSPS) is 10.9. The Balaban J connectivity index is 1.83. The van der Waals surface area contributed by atoms with Crippen molar-refractivity contribution in [3.63, 3.8) is 0 Å². The van der Waals surface area contributed by atoms with E-state index in [-0.39, 0.29) is 5.91 Å². The summed E-state index contributed by atoms with van der Waals surface area (Å²) in [6.07, 6.45) is 0. The van der Waals surface area contributed by atoms with E-state index < -0.39 is 0 Å². The maximum absolute atomic E-state index is 13.1. The van der Waals surface area contributed by atoms with E-state index in [2.05, 4.69) is 15.5 Å². The summed E-state index contributed by atoms with van der Waals surface area (Å²) in [6, 6.07) is 16.8. The Bertz CT molecular complexity index is 1150. The van der Waals surface area contributed by atoms with Crippen molar-refractivity contribution in [2.24, 2.45) is 0 Å². The first-order chi connectivity index (χ1) is 13.0. The van der Waals surface area contributed by atoms with E-state index in [1.165, 1.54) is 0 Å². The Morgan fingerprint density at radius 2 is 1.85 bits per heavy atom. The second-order valence-corrected chi connectivity index (χ2v) is 6.64. The lowest BCUT2D eigenvalue weighted by Gasteiger charge is -2.11. The molecule has 4 aromatic rings. The predicted octanol–water partition coefficient (Wildman–Crippen LogP) is 5.41. The van der Waals surface area contributed by atoms with Gasteiger partial charge in [0.15, 0.2) is 0 Å².